The summed E-state index contributed by atoms with van der Waals surface area (Å²) in [7, 11) is 0. The van der Waals surface area contributed by atoms with Gasteiger partial charge in [0.05, 0.1) is 6.61 Å². The van der Waals surface area contributed by atoms with Crippen LogP contribution in [0.1, 0.15) is 11.1 Å². The molecule has 2 nitrogen and oxygen atoms in total. The van der Waals surface area contributed by atoms with Gasteiger partial charge in [-0.25, -0.2) is 0 Å². The Hall–Kier alpha value is -1.28. The Labute approximate surface area is 83.1 Å². The van der Waals surface area contributed by atoms with Gasteiger partial charge in [-0.3, -0.25) is 0 Å². The summed E-state index contributed by atoms with van der Waals surface area (Å²) in [5.41, 5.74) is 2.62. The van der Waals surface area contributed by atoms with Crippen molar-refractivity contribution in [1.29, 1.82) is 0 Å². The minimum atomic E-state index is 0.152. The van der Waals surface area contributed by atoms with E-state index in [0.717, 1.165) is 12.2 Å². The van der Waals surface area contributed by atoms with Crippen molar-refractivity contribution in [3.8, 4) is 0 Å². The number of ether oxygens (including phenoxy) is 2. The van der Waals surface area contributed by atoms with Crippen molar-refractivity contribution in [2.75, 3.05) is 13.2 Å². The van der Waals surface area contributed by atoms with Gasteiger partial charge in [0.15, 0.2) is 0 Å². The van der Waals surface area contributed by atoms with E-state index in [1.165, 1.54) is 11.1 Å². The Morgan fingerprint density at radius 2 is 2.07 bits per heavy atom. The van der Waals surface area contributed by atoms with Crippen molar-refractivity contribution in [1.82, 2.24) is 0 Å². The quantitative estimate of drug-likeness (QED) is 0.620. The summed E-state index contributed by atoms with van der Waals surface area (Å²) in [5, 5.41) is 0. The molecule has 72 valence electrons. The molecule has 0 radical (unpaired) electrons. The third-order valence-electron chi connectivity index (χ3n) is 2.75. The molecule has 1 aromatic rings. The van der Waals surface area contributed by atoms with Gasteiger partial charge in [0.2, 0.25) is 0 Å². The monoisotopic (exact) mass is 188 g/mol. The van der Waals surface area contributed by atoms with Crippen LogP contribution in [-0.2, 0) is 15.9 Å². The summed E-state index contributed by atoms with van der Waals surface area (Å²) in [6.07, 6.45) is 3.20. The molecule has 1 aromatic carbocycles. The average molecular weight is 188 g/mol. The molecule has 1 aliphatic heterocycles. The number of benzene rings is 1. The first-order valence-corrected chi connectivity index (χ1v) is 4.97. The van der Waals surface area contributed by atoms with Crippen molar-refractivity contribution in [3.63, 3.8) is 0 Å². The zero-order valence-electron chi connectivity index (χ0n) is 7.90. The maximum atomic E-state index is 5.65. The third kappa shape index (κ3) is 1.23. The van der Waals surface area contributed by atoms with Gasteiger partial charge < -0.3 is 9.47 Å². The highest BCUT2D eigenvalue weighted by Crippen LogP contribution is 2.28. The Morgan fingerprint density at radius 3 is 3.07 bits per heavy atom. The van der Waals surface area contributed by atoms with E-state index < -0.39 is 0 Å². The van der Waals surface area contributed by atoms with Crippen molar-refractivity contribution in [3.05, 3.63) is 41.2 Å². The van der Waals surface area contributed by atoms with E-state index in [-0.39, 0.29) is 6.10 Å². The third-order valence-corrected chi connectivity index (χ3v) is 2.75. The first kappa shape index (κ1) is 8.06. The largest absolute Gasteiger partial charge is 0.493 e. The summed E-state index contributed by atoms with van der Waals surface area (Å²) < 4.78 is 11.2. The second-order valence-corrected chi connectivity index (χ2v) is 3.66. The van der Waals surface area contributed by atoms with Gasteiger partial charge in [-0.1, -0.05) is 24.3 Å². The van der Waals surface area contributed by atoms with Gasteiger partial charge >= 0.3 is 0 Å². The first-order valence-electron chi connectivity index (χ1n) is 4.97. The molecule has 3 rings (SSSR count). The van der Waals surface area contributed by atoms with Crippen LogP contribution < -0.4 is 0 Å². The second kappa shape index (κ2) is 3.14. The lowest BCUT2D eigenvalue weighted by molar-refractivity contribution is -0.0408. The van der Waals surface area contributed by atoms with Crippen molar-refractivity contribution < 1.29 is 9.47 Å². The predicted octanol–water partition coefficient (Wildman–Crippen LogP) is 2.00. The molecule has 0 amide bonds. The van der Waals surface area contributed by atoms with Gasteiger partial charge in [0.25, 0.3) is 0 Å². The Bertz CT molecular complexity index is 382. The van der Waals surface area contributed by atoms with Crippen LogP contribution in [0.4, 0.5) is 0 Å². The van der Waals surface area contributed by atoms with Crippen LogP contribution in [0.3, 0.4) is 0 Å². The molecule has 0 aromatic heterocycles. The Balaban J connectivity index is 2.03. The van der Waals surface area contributed by atoms with E-state index in [9.17, 15) is 0 Å². The fourth-order valence-electron chi connectivity index (χ4n) is 2.03. The SMILES string of the molecule is C1=C2OCCOC2Cc2ccccc21. The molecule has 1 fully saturated rings. The van der Waals surface area contributed by atoms with Crippen LogP contribution in [0.15, 0.2) is 30.0 Å². The zero-order valence-corrected chi connectivity index (χ0v) is 7.90. The molecule has 1 unspecified atom stereocenters. The van der Waals surface area contributed by atoms with E-state index in [1.807, 2.05) is 0 Å². The number of rotatable bonds is 0. The molecular formula is C12H12O2. The van der Waals surface area contributed by atoms with E-state index >= 15 is 0 Å². The maximum Gasteiger partial charge on any atom is 0.126 e. The molecule has 2 heteroatoms. The summed E-state index contributed by atoms with van der Waals surface area (Å²) in [6, 6.07) is 8.40. The van der Waals surface area contributed by atoms with Crippen LogP contribution in [0.2, 0.25) is 0 Å². The molecular weight excluding hydrogens is 176 g/mol. The van der Waals surface area contributed by atoms with Crippen molar-refractivity contribution in [2.24, 2.45) is 0 Å². The molecule has 0 spiro atoms. The molecule has 1 aliphatic carbocycles. The molecule has 0 N–H and O–H groups in total. The van der Waals surface area contributed by atoms with Crippen LogP contribution in [-0.4, -0.2) is 19.3 Å². The molecule has 0 bridgehead atoms. The lowest BCUT2D eigenvalue weighted by Crippen LogP contribution is -2.30. The molecule has 14 heavy (non-hydrogen) atoms. The molecule has 1 atom stereocenters. The van der Waals surface area contributed by atoms with Crippen LogP contribution in [0.5, 0.6) is 0 Å². The van der Waals surface area contributed by atoms with Crippen LogP contribution >= 0.6 is 0 Å². The number of hydrogen-bond acceptors (Lipinski definition) is 2. The smallest absolute Gasteiger partial charge is 0.126 e. The fourth-order valence-corrected chi connectivity index (χ4v) is 2.03. The maximum absolute atomic E-state index is 5.65. The zero-order chi connectivity index (χ0) is 9.38. The lowest BCUT2D eigenvalue weighted by atomic mass is 9.94. The summed E-state index contributed by atoms with van der Waals surface area (Å²) in [4.78, 5) is 0. The van der Waals surface area contributed by atoms with Gasteiger partial charge in [0, 0.05) is 6.42 Å². The van der Waals surface area contributed by atoms with E-state index in [2.05, 4.69) is 30.3 Å². The van der Waals surface area contributed by atoms with Crippen LogP contribution in [0.25, 0.3) is 6.08 Å². The summed E-state index contributed by atoms with van der Waals surface area (Å²) >= 11 is 0. The highest BCUT2D eigenvalue weighted by Gasteiger charge is 2.25. The lowest BCUT2D eigenvalue weighted by Gasteiger charge is -2.30. The second-order valence-electron chi connectivity index (χ2n) is 3.66. The molecule has 1 saturated heterocycles. The van der Waals surface area contributed by atoms with E-state index in [0.29, 0.717) is 13.2 Å². The van der Waals surface area contributed by atoms with Gasteiger partial charge in [-0.15, -0.1) is 0 Å². The fraction of sp³-hybridized carbons (Fsp3) is 0.333. The Kier molecular flexibility index (Phi) is 1.81. The van der Waals surface area contributed by atoms with Crippen molar-refractivity contribution >= 4 is 6.08 Å². The standard InChI is InChI=1S/C12H12O2/c1-2-4-10-8-12-11(7-9(10)3-1)13-5-6-14-12/h1-4,7,12H,5-6,8H2. The van der Waals surface area contributed by atoms with Crippen LogP contribution in [0, 0.1) is 0 Å². The predicted molar refractivity (Wildman–Crippen MR) is 53.8 cm³/mol. The minimum absolute atomic E-state index is 0.152. The topological polar surface area (TPSA) is 18.5 Å². The minimum Gasteiger partial charge on any atom is -0.493 e. The highest BCUT2D eigenvalue weighted by molar-refractivity contribution is 5.59. The first-order chi connectivity index (χ1) is 6.93. The van der Waals surface area contributed by atoms with Crippen molar-refractivity contribution in [2.45, 2.75) is 12.5 Å². The van der Waals surface area contributed by atoms with Gasteiger partial charge in [0.1, 0.15) is 18.5 Å². The highest BCUT2D eigenvalue weighted by atomic mass is 16.6. The summed E-state index contributed by atoms with van der Waals surface area (Å²) in [6.45, 7) is 1.40. The number of hydrogen-bond donors (Lipinski definition) is 0. The molecule has 0 saturated carbocycles. The molecule has 1 heterocycles. The number of fused-ring (bicyclic) bond motifs is 2. The molecule has 2 aliphatic rings. The van der Waals surface area contributed by atoms with E-state index in [1.54, 1.807) is 0 Å². The van der Waals surface area contributed by atoms with Gasteiger partial charge in [-0.05, 0) is 17.2 Å². The van der Waals surface area contributed by atoms with Gasteiger partial charge in [-0.2, -0.15) is 0 Å². The average Bonchev–Trinajstić information content (AvgIpc) is 2.26. The van der Waals surface area contributed by atoms with E-state index in [4.69, 9.17) is 9.47 Å². The Morgan fingerprint density at radius 1 is 1.14 bits per heavy atom. The summed E-state index contributed by atoms with van der Waals surface area (Å²) in [5.74, 6) is 0.995. The normalized spacial score (nSPS) is 24.3.